The average Bonchev–Trinajstić information content (AvgIpc) is 2.14. The third-order valence-electron chi connectivity index (χ3n) is 0.839. The molecule has 1 aromatic heterocycles. The second kappa shape index (κ2) is 1.96. The molecule has 0 saturated heterocycles. The number of aryl methyl sites for hydroxylation is 1. The van der Waals surface area contributed by atoms with Crippen molar-refractivity contribution < 1.29 is 9.63 Å². The number of hydrogen-bond acceptors (Lipinski definition) is 3. The zero-order chi connectivity index (χ0) is 5.98. The molecule has 0 aliphatic carbocycles. The van der Waals surface area contributed by atoms with Crippen LogP contribution in [0, 0.1) is 6.92 Å². The highest BCUT2D eigenvalue weighted by atomic mass is 16.5. The predicted octanol–water partition coefficient (Wildman–Crippen LogP) is 0.475. The molecular formula is C5H7NO2. The van der Waals surface area contributed by atoms with Crippen molar-refractivity contribution in [3.63, 3.8) is 0 Å². The van der Waals surface area contributed by atoms with Crippen molar-refractivity contribution in [2.45, 2.75) is 13.5 Å². The normalized spacial score (nSPS) is 9.75. The summed E-state index contributed by atoms with van der Waals surface area (Å²) in [6.45, 7) is 1.74. The summed E-state index contributed by atoms with van der Waals surface area (Å²) in [6, 6.07) is 1.69. The Morgan fingerprint density at radius 3 is 2.88 bits per heavy atom. The van der Waals surface area contributed by atoms with Gasteiger partial charge in [-0.2, -0.15) is 0 Å². The summed E-state index contributed by atoms with van der Waals surface area (Å²) < 4.78 is 4.65. The lowest BCUT2D eigenvalue weighted by atomic mass is 10.4. The van der Waals surface area contributed by atoms with Crippen LogP contribution in [0.25, 0.3) is 0 Å². The molecule has 44 valence electrons. The molecule has 0 atom stereocenters. The van der Waals surface area contributed by atoms with E-state index in [4.69, 9.17) is 5.11 Å². The van der Waals surface area contributed by atoms with Crippen molar-refractivity contribution in [2.75, 3.05) is 0 Å². The van der Waals surface area contributed by atoms with E-state index in [1.165, 1.54) is 0 Å². The average molecular weight is 113 g/mol. The van der Waals surface area contributed by atoms with Gasteiger partial charge in [-0.05, 0) is 6.92 Å². The van der Waals surface area contributed by atoms with Gasteiger partial charge in [0.1, 0.15) is 11.5 Å². The molecule has 0 aromatic carbocycles. The standard InChI is InChI=1S/C5H7NO2/c1-4-2-5(3-7)6-8-4/h2,7H,3H2,1H3. The van der Waals surface area contributed by atoms with Gasteiger partial charge >= 0.3 is 0 Å². The minimum atomic E-state index is -0.0443. The summed E-state index contributed by atoms with van der Waals surface area (Å²) in [4.78, 5) is 0. The van der Waals surface area contributed by atoms with Crippen molar-refractivity contribution in [3.05, 3.63) is 17.5 Å². The van der Waals surface area contributed by atoms with Gasteiger partial charge in [0.05, 0.1) is 6.61 Å². The molecule has 0 aliphatic heterocycles. The fraction of sp³-hybridized carbons (Fsp3) is 0.400. The van der Waals surface area contributed by atoms with Gasteiger partial charge in [0.2, 0.25) is 0 Å². The van der Waals surface area contributed by atoms with Crippen LogP contribution in [-0.2, 0) is 6.61 Å². The Kier molecular flexibility index (Phi) is 1.30. The Labute approximate surface area is 46.9 Å². The van der Waals surface area contributed by atoms with Crippen molar-refractivity contribution in [1.82, 2.24) is 5.16 Å². The molecule has 8 heavy (non-hydrogen) atoms. The summed E-state index contributed by atoms with van der Waals surface area (Å²) in [6.07, 6.45) is 0. The highest BCUT2D eigenvalue weighted by molar-refractivity contribution is 5.01. The van der Waals surface area contributed by atoms with Crippen molar-refractivity contribution >= 4 is 0 Å². The fourth-order valence-electron chi connectivity index (χ4n) is 0.492. The van der Waals surface area contributed by atoms with Crippen LogP contribution in [-0.4, -0.2) is 10.3 Å². The Morgan fingerprint density at radius 2 is 2.62 bits per heavy atom. The maximum Gasteiger partial charge on any atom is 0.134 e. The Bertz CT molecular complexity index is 171. The van der Waals surface area contributed by atoms with E-state index in [-0.39, 0.29) is 6.61 Å². The Hall–Kier alpha value is -0.830. The maximum atomic E-state index is 8.43. The quantitative estimate of drug-likeness (QED) is 0.576. The third kappa shape index (κ3) is 0.869. The topological polar surface area (TPSA) is 46.3 Å². The van der Waals surface area contributed by atoms with Gasteiger partial charge in [-0.15, -0.1) is 0 Å². The van der Waals surface area contributed by atoms with Crippen LogP contribution in [0.3, 0.4) is 0 Å². The highest BCUT2D eigenvalue weighted by Gasteiger charge is 1.94. The van der Waals surface area contributed by atoms with Gasteiger partial charge in [-0.3, -0.25) is 0 Å². The lowest BCUT2D eigenvalue weighted by molar-refractivity contribution is 0.265. The molecular weight excluding hydrogens is 106 g/mol. The predicted molar refractivity (Wildman–Crippen MR) is 27.2 cm³/mol. The molecule has 0 spiro atoms. The zero-order valence-corrected chi connectivity index (χ0v) is 4.59. The minimum Gasteiger partial charge on any atom is -0.390 e. The van der Waals surface area contributed by atoms with E-state index in [2.05, 4.69) is 9.68 Å². The Balaban J connectivity index is 2.84. The summed E-state index contributed by atoms with van der Waals surface area (Å²) >= 11 is 0. The molecule has 0 aliphatic rings. The maximum absolute atomic E-state index is 8.43. The molecule has 1 heterocycles. The molecule has 0 bridgehead atoms. The third-order valence-corrected chi connectivity index (χ3v) is 0.839. The van der Waals surface area contributed by atoms with E-state index in [1.54, 1.807) is 13.0 Å². The summed E-state index contributed by atoms with van der Waals surface area (Å²) in [5.41, 5.74) is 0.586. The van der Waals surface area contributed by atoms with E-state index in [1.807, 2.05) is 0 Å². The SMILES string of the molecule is Cc1cc(CO)no1. The largest absolute Gasteiger partial charge is 0.390 e. The van der Waals surface area contributed by atoms with Crippen LogP contribution in [0.1, 0.15) is 11.5 Å². The van der Waals surface area contributed by atoms with E-state index in [0.29, 0.717) is 5.69 Å². The molecule has 3 nitrogen and oxygen atoms in total. The number of aliphatic hydroxyl groups is 1. The summed E-state index contributed by atoms with van der Waals surface area (Å²) in [5, 5.41) is 11.9. The van der Waals surface area contributed by atoms with Crippen LogP contribution in [0.15, 0.2) is 10.6 Å². The monoisotopic (exact) mass is 113 g/mol. The first kappa shape index (κ1) is 5.31. The van der Waals surface area contributed by atoms with Crippen LogP contribution < -0.4 is 0 Å². The minimum absolute atomic E-state index is 0.0443. The van der Waals surface area contributed by atoms with E-state index in [0.717, 1.165) is 5.76 Å². The fourth-order valence-corrected chi connectivity index (χ4v) is 0.492. The molecule has 0 fully saturated rings. The summed E-state index contributed by atoms with van der Waals surface area (Å²) in [7, 11) is 0. The van der Waals surface area contributed by atoms with Gasteiger partial charge < -0.3 is 9.63 Å². The van der Waals surface area contributed by atoms with Gasteiger partial charge in [0, 0.05) is 6.07 Å². The van der Waals surface area contributed by atoms with Crippen LogP contribution in [0.2, 0.25) is 0 Å². The van der Waals surface area contributed by atoms with Gasteiger partial charge in [-0.1, -0.05) is 5.16 Å². The second-order valence-electron chi connectivity index (χ2n) is 1.59. The molecule has 0 unspecified atom stereocenters. The molecule has 0 amide bonds. The number of nitrogens with zero attached hydrogens (tertiary/aromatic N) is 1. The van der Waals surface area contributed by atoms with E-state index >= 15 is 0 Å². The molecule has 0 saturated carbocycles. The second-order valence-corrected chi connectivity index (χ2v) is 1.59. The first-order chi connectivity index (χ1) is 3.83. The highest BCUT2D eigenvalue weighted by Crippen LogP contribution is 1.99. The lowest BCUT2D eigenvalue weighted by Crippen LogP contribution is -1.78. The van der Waals surface area contributed by atoms with Crippen molar-refractivity contribution in [3.8, 4) is 0 Å². The number of aromatic nitrogens is 1. The Morgan fingerprint density at radius 1 is 1.88 bits per heavy atom. The first-order valence-electron chi connectivity index (χ1n) is 2.36. The molecule has 3 heteroatoms. The molecule has 1 N–H and O–H groups in total. The summed E-state index contributed by atoms with van der Waals surface area (Å²) in [5.74, 6) is 0.731. The number of hydrogen-bond donors (Lipinski definition) is 1. The van der Waals surface area contributed by atoms with Crippen LogP contribution in [0.4, 0.5) is 0 Å². The van der Waals surface area contributed by atoms with E-state index in [9.17, 15) is 0 Å². The van der Waals surface area contributed by atoms with Gasteiger partial charge in [0.25, 0.3) is 0 Å². The van der Waals surface area contributed by atoms with Gasteiger partial charge in [0.15, 0.2) is 0 Å². The smallest absolute Gasteiger partial charge is 0.134 e. The lowest BCUT2D eigenvalue weighted by Gasteiger charge is -1.75. The zero-order valence-electron chi connectivity index (χ0n) is 4.59. The van der Waals surface area contributed by atoms with Crippen molar-refractivity contribution in [1.29, 1.82) is 0 Å². The molecule has 1 rings (SSSR count). The molecule has 1 aromatic rings. The number of rotatable bonds is 1. The van der Waals surface area contributed by atoms with Crippen LogP contribution in [0.5, 0.6) is 0 Å². The van der Waals surface area contributed by atoms with Gasteiger partial charge in [-0.25, -0.2) is 0 Å². The first-order valence-corrected chi connectivity index (χ1v) is 2.36. The van der Waals surface area contributed by atoms with Crippen LogP contribution >= 0.6 is 0 Å². The van der Waals surface area contributed by atoms with Crippen molar-refractivity contribution in [2.24, 2.45) is 0 Å². The van der Waals surface area contributed by atoms with E-state index < -0.39 is 0 Å². The number of aliphatic hydroxyl groups excluding tert-OH is 1. The molecule has 0 radical (unpaired) electrons.